The molecule has 0 saturated carbocycles. The summed E-state index contributed by atoms with van der Waals surface area (Å²) in [5.41, 5.74) is 0. The standard InChI is InChI=1S/C8H16NO/c1-7(2)9-5-3-8(10)4-6-9/h3,7-8,10H,4-6H2,1-2H3. The molecule has 59 valence electrons. The smallest absolute Gasteiger partial charge is 0.0596 e. The first kappa shape index (κ1) is 8.02. The van der Waals surface area contributed by atoms with Crippen molar-refractivity contribution in [3.63, 3.8) is 0 Å². The van der Waals surface area contributed by atoms with Gasteiger partial charge in [0.05, 0.1) is 6.10 Å². The normalized spacial score (nSPS) is 24.0. The fraction of sp³-hybridized carbons (Fsp3) is 0.875. The summed E-state index contributed by atoms with van der Waals surface area (Å²) in [7, 11) is 0. The average molecular weight is 142 g/mol. The van der Waals surface area contributed by atoms with E-state index in [1.807, 2.05) is 6.42 Å². The topological polar surface area (TPSA) is 23.5 Å². The SMILES string of the molecule is CC(C)N1C[CH]C(O)CC1. The first-order valence-corrected chi connectivity index (χ1v) is 3.95. The summed E-state index contributed by atoms with van der Waals surface area (Å²) in [5.74, 6) is 0. The van der Waals surface area contributed by atoms with Crippen LogP contribution in [0.25, 0.3) is 0 Å². The Morgan fingerprint density at radius 1 is 1.60 bits per heavy atom. The maximum absolute atomic E-state index is 9.13. The second kappa shape index (κ2) is 3.35. The van der Waals surface area contributed by atoms with Gasteiger partial charge in [-0.15, -0.1) is 0 Å². The van der Waals surface area contributed by atoms with Crippen LogP contribution in [-0.2, 0) is 0 Å². The van der Waals surface area contributed by atoms with Crippen molar-refractivity contribution in [1.29, 1.82) is 0 Å². The molecule has 1 saturated heterocycles. The molecule has 1 unspecified atom stereocenters. The van der Waals surface area contributed by atoms with Crippen LogP contribution in [0.4, 0.5) is 0 Å². The highest BCUT2D eigenvalue weighted by molar-refractivity contribution is 4.86. The van der Waals surface area contributed by atoms with Crippen molar-refractivity contribution < 1.29 is 5.11 Å². The Kier molecular flexibility index (Phi) is 2.69. The van der Waals surface area contributed by atoms with Crippen LogP contribution in [0.1, 0.15) is 20.3 Å². The van der Waals surface area contributed by atoms with Gasteiger partial charge in [0.1, 0.15) is 0 Å². The number of hydrogen-bond acceptors (Lipinski definition) is 2. The number of nitrogens with zero attached hydrogens (tertiary/aromatic N) is 1. The van der Waals surface area contributed by atoms with Crippen molar-refractivity contribution in [3.8, 4) is 0 Å². The molecular weight excluding hydrogens is 126 g/mol. The zero-order valence-electron chi connectivity index (χ0n) is 6.75. The largest absolute Gasteiger partial charge is 0.393 e. The van der Waals surface area contributed by atoms with Crippen LogP contribution in [0.15, 0.2) is 0 Å². The molecule has 1 fully saturated rings. The quantitative estimate of drug-likeness (QED) is 0.581. The molecule has 0 spiro atoms. The lowest BCUT2D eigenvalue weighted by atomic mass is 10.1. The molecule has 1 aliphatic rings. The molecule has 10 heavy (non-hydrogen) atoms. The molecule has 2 heteroatoms. The molecule has 0 aromatic rings. The second-order valence-corrected chi connectivity index (χ2v) is 3.18. The lowest BCUT2D eigenvalue weighted by Crippen LogP contribution is -2.40. The lowest BCUT2D eigenvalue weighted by molar-refractivity contribution is 0.110. The molecule has 0 bridgehead atoms. The Morgan fingerprint density at radius 2 is 2.30 bits per heavy atom. The van der Waals surface area contributed by atoms with Crippen molar-refractivity contribution in [1.82, 2.24) is 4.90 Å². The Hall–Kier alpha value is -0.0800. The van der Waals surface area contributed by atoms with Crippen LogP contribution in [-0.4, -0.2) is 35.2 Å². The summed E-state index contributed by atoms with van der Waals surface area (Å²) in [6.45, 7) is 6.35. The predicted molar refractivity (Wildman–Crippen MR) is 41.6 cm³/mol. The molecule has 2 nitrogen and oxygen atoms in total. The van der Waals surface area contributed by atoms with Gasteiger partial charge in [-0.2, -0.15) is 0 Å². The summed E-state index contributed by atoms with van der Waals surface area (Å²) in [4.78, 5) is 2.35. The third kappa shape index (κ3) is 1.96. The number of likely N-dealkylation sites (tertiary alicyclic amines) is 1. The Morgan fingerprint density at radius 3 is 2.70 bits per heavy atom. The molecule has 0 amide bonds. The van der Waals surface area contributed by atoms with Crippen LogP contribution in [0.3, 0.4) is 0 Å². The minimum atomic E-state index is -0.157. The average Bonchev–Trinajstić information content (AvgIpc) is 1.88. The molecular formula is C8H16NO. The molecule has 0 aliphatic carbocycles. The fourth-order valence-corrected chi connectivity index (χ4v) is 1.23. The first-order chi connectivity index (χ1) is 4.70. The van der Waals surface area contributed by atoms with Gasteiger partial charge in [-0.25, -0.2) is 0 Å². The van der Waals surface area contributed by atoms with Crippen LogP contribution in [0.2, 0.25) is 0 Å². The van der Waals surface area contributed by atoms with Gasteiger partial charge in [0.25, 0.3) is 0 Å². The van der Waals surface area contributed by atoms with Crippen LogP contribution in [0, 0.1) is 6.42 Å². The van der Waals surface area contributed by atoms with Gasteiger partial charge in [-0.3, -0.25) is 0 Å². The van der Waals surface area contributed by atoms with E-state index in [-0.39, 0.29) is 6.10 Å². The van der Waals surface area contributed by atoms with E-state index in [2.05, 4.69) is 18.7 Å². The van der Waals surface area contributed by atoms with Gasteiger partial charge < -0.3 is 10.0 Å². The molecule has 1 heterocycles. The molecule has 1 N–H and O–H groups in total. The zero-order chi connectivity index (χ0) is 7.56. The Balaban J connectivity index is 2.26. The van der Waals surface area contributed by atoms with Crippen molar-refractivity contribution in [2.75, 3.05) is 13.1 Å². The number of aliphatic hydroxyl groups is 1. The monoisotopic (exact) mass is 142 g/mol. The fourth-order valence-electron chi connectivity index (χ4n) is 1.23. The Labute approximate surface area is 62.8 Å². The van der Waals surface area contributed by atoms with E-state index in [0.29, 0.717) is 6.04 Å². The van der Waals surface area contributed by atoms with Crippen LogP contribution >= 0.6 is 0 Å². The molecule has 0 aromatic carbocycles. The highest BCUT2D eigenvalue weighted by Gasteiger charge is 2.18. The molecule has 1 radical (unpaired) electrons. The summed E-state index contributed by atoms with van der Waals surface area (Å²) in [6, 6.07) is 0.615. The molecule has 1 aliphatic heterocycles. The first-order valence-electron chi connectivity index (χ1n) is 3.95. The lowest BCUT2D eigenvalue weighted by Gasteiger charge is -2.32. The third-order valence-electron chi connectivity index (χ3n) is 2.05. The second-order valence-electron chi connectivity index (χ2n) is 3.18. The molecule has 1 atom stereocenters. The van der Waals surface area contributed by atoms with E-state index in [1.54, 1.807) is 0 Å². The van der Waals surface area contributed by atoms with Crippen molar-refractivity contribution in [2.45, 2.75) is 32.4 Å². The van der Waals surface area contributed by atoms with E-state index in [9.17, 15) is 0 Å². The van der Waals surface area contributed by atoms with E-state index in [4.69, 9.17) is 5.11 Å². The van der Waals surface area contributed by atoms with E-state index < -0.39 is 0 Å². The maximum atomic E-state index is 9.13. The molecule has 0 aromatic heterocycles. The highest BCUT2D eigenvalue weighted by Crippen LogP contribution is 2.10. The summed E-state index contributed by atoms with van der Waals surface area (Å²) in [5, 5.41) is 9.13. The maximum Gasteiger partial charge on any atom is 0.0596 e. The highest BCUT2D eigenvalue weighted by atomic mass is 16.3. The van der Waals surface area contributed by atoms with Gasteiger partial charge in [0, 0.05) is 25.6 Å². The zero-order valence-corrected chi connectivity index (χ0v) is 6.75. The minimum absolute atomic E-state index is 0.157. The van der Waals surface area contributed by atoms with Crippen molar-refractivity contribution in [3.05, 3.63) is 6.42 Å². The van der Waals surface area contributed by atoms with E-state index >= 15 is 0 Å². The van der Waals surface area contributed by atoms with Gasteiger partial charge >= 0.3 is 0 Å². The van der Waals surface area contributed by atoms with Gasteiger partial charge in [-0.1, -0.05) is 0 Å². The number of hydrogen-bond donors (Lipinski definition) is 1. The number of rotatable bonds is 1. The van der Waals surface area contributed by atoms with Crippen molar-refractivity contribution in [2.24, 2.45) is 0 Å². The van der Waals surface area contributed by atoms with Crippen LogP contribution < -0.4 is 0 Å². The van der Waals surface area contributed by atoms with Crippen LogP contribution in [0.5, 0.6) is 0 Å². The van der Waals surface area contributed by atoms with Crippen molar-refractivity contribution >= 4 is 0 Å². The summed E-state index contributed by atoms with van der Waals surface area (Å²) in [6.07, 6.45) is 2.72. The van der Waals surface area contributed by atoms with E-state index in [1.165, 1.54) is 0 Å². The van der Waals surface area contributed by atoms with Gasteiger partial charge in [0.15, 0.2) is 0 Å². The van der Waals surface area contributed by atoms with E-state index in [0.717, 1.165) is 19.5 Å². The summed E-state index contributed by atoms with van der Waals surface area (Å²) < 4.78 is 0. The summed E-state index contributed by atoms with van der Waals surface area (Å²) >= 11 is 0. The van der Waals surface area contributed by atoms with Gasteiger partial charge in [-0.05, 0) is 20.3 Å². The predicted octanol–water partition coefficient (Wildman–Crippen LogP) is 0.666. The Bertz CT molecular complexity index is 95.4. The minimum Gasteiger partial charge on any atom is -0.393 e. The molecule has 1 rings (SSSR count). The third-order valence-corrected chi connectivity index (χ3v) is 2.05. The number of aliphatic hydroxyl groups excluding tert-OH is 1. The number of piperidine rings is 1. The van der Waals surface area contributed by atoms with Gasteiger partial charge in [0.2, 0.25) is 0 Å².